The van der Waals surface area contributed by atoms with Crippen LogP contribution in [-0.2, 0) is 10.0 Å². The second-order valence-electron chi connectivity index (χ2n) is 4.19. The van der Waals surface area contributed by atoms with Crippen LogP contribution in [0.5, 0.6) is 0 Å². The minimum absolute atomic E-state index is 0.0890. The van der Waals surface area contributed by atoms with Crippen molar-refractivity contribution in [2.45, 2.75) is 31.2 Å². The molecule has 1 aromatic carbocycles. The van der Waals surface area contributed by atoms with Crippen LogP contribution in [0.25, 0.3) is 0 Å². The lowest BCUT2D eigenvalue weighted by molar-refractivity contribution is 0.557. The lowest BCUT2D eigenvalue weighted by Crippen LogP contribution is -2.33. The summed E-state index contributed by atoms with van der Waals surface area (Å²) in [5, 5.41) is 0. The lowest BCUT2D eigenvalue weighted by Gasteiger charge is -2.14. The fourth-order valence-corrected chi connectivity index (χ4v) is 3.85. The molecule has 0 amide bonds. The van der Waals surface area contributed by atoms with Crippen LogP contribution in [-0.4, -0.2) is 26.0 Å². The van der Waals surface area contributed by atoms with Gasteiger partial charge in [0.1, 0.15) is 0 Å². The number of thioether (sulfide) groups is 1. The molecule has 0 fully saturated rings. The summed E-state index contributed by atoms with van der Waals surface area (Å²) in [4.78, 5) is 0.197. The molecule has 1 unspecified atom stereocenters. The second-order valence-corrected chi connectivity index (χ2v) is 8.15. The van der Waals surface area contributed by atoms with Crippen molar-refractivity contribution < 1.29 is 8.42 Å². The minimum Gasteiger partial charge on any atom is -0.398 e. The van der Waals surface area contributed by atoms with Gasteiger partial charge < -0.3 is 5.73 Å². The fourth-order valence-electron chi connectivity index (χ4n) is 1.49. The number of benzene rings is 1. The number of nitrogens with two attached hydrogens (primary N) is 1. The molecule has 1 rings (SSSR count). The normalized spacial score (nSPS) is 13.4. The predicted molar refractivity (Wildman–Crippen MR) is 86.0 cm³/mol. The summed E-state index contributed by atoms with van der Waals surface area (Å²) in [6, 6.07) is 4.55. The molecule has 0 heterocycles. The summed E-state index contributed by atoms with van der Waals surface area (Å²) in [7, 11) is -3.50. The van der Waals surface area contributed by atoms with Gasteiger partial charge >= 0.3 is 0 Å². The first-order valence-electron chi connectivity index (χ1n) is 6.02. The zero-order valence-electron chi connectivity index (χ0n) is 11.0. The van der Waals surface area contributed by atoms with Gasteiger partial charge in [-0.3, -0.25) is 0 Å². The van der Waals surface area contributed by atoms with Crippen molar-refractivity contribution in [3.63, 3.8) is 0 Å². The fraction of sp³-hybridized carbons (Fsp3) is 0.500. The van der Waals surface area contributed by atoms with E-state index in [-0.39, 0.29) is 10.9 Å². The van der Waals surface area contributed by atoms with E-state index in [4.69, 9.17) is 5.73 Å². The number of halogens is 1. The monoisotopic (exact) mass is 366 g/mol. The largest absolute Gasteiger partial charge is 0.398 e. The first kappa shape index (κ1) is 16.8. The van der Waals surface area contributed by atoms with E-state index in [2.05, 4.69) is 27.6 Å². The van der Waals surface area contributed by atoms with E-state index >= 15 is 0 Å². The van der Waals surface area contributed by atoms with Crippen molar-refractivity contribution in [3.05, 3.63) is 22.7 Å². The molecule has 3 N–H and O–H groups in total. The number of hydrogen-bond acceptors (Lipinski definition) is 4. The van der Waals surface area contributed by atoms with Gasteiger partial charge in [0, 0.05) is 16.2 Å². The molecule has 0 aliphatic heterocycles. The zero-order chi connectivity index (χ0) is 14.5. The van der Waals surface area contributed by atoms with Crippen molar-refractivity contribution in [2.75, 3.05) is 17.2 Å². The van der Waals surface area contributed by atoms with Gasteiger partial charge in [-0.15, -0.1) is 0 Å². The van der Waals surface area contributed by atoms with Crippen molar-refractivity contribution in [3.8, 4) is 0 Å². The van der Waals surface area contributed by atoms with E-state index in [1.165, 1.54) is 12.1 Å². The average Bonchev–Trinajstić information content (AvgIpc) is 2.32. The Morgan fingerprint density at radius 3 is 2.74 bits per heavy atom. The molecule has 1 aromatic rings. The van der Waals surface area contributed by atoms with Crippen LogP contribution >= 0.6 is 27.7 Å². The number of anilines is 1. The van der Waals surface area contributed by atoms with Crippen LogP contribution in [0, 0.1) is 0 Å². The summed E-state index contributed by atoms with van der Waals surface area (Å²) in [5.41, 5.74) is 6.12. The van der Waals surface area contributed by atoms with Crippen molar-refractivity contribution >= 4 is 43.4 Å². The molecular weight excluding hydrogens is 348 g/mol. The van der Waals surface area contributed by atoms with Gasteiger partial charge in [-0.2, -0.15) is 11.8 Å². The summed E-state index contributed by atoms with van der Waals surface area (Å²) in [6.45, 7) is 3.96. The third-order valence-electron chi connectivity index (χ3n) is 2.53. The van der Waals surface area contributed by atoms with Crippen LogP contribution in [0.1, 0.15) is 20.3 Å². The number of hydrogen-bond donors (Lipinski definition) is 2. The van der Waals surface area contributed by atoms with Gasteiger partial charge in [0.2, 0.25) is 10.0 Å². The topological polar surface area (TPSA) is 72.2 Å². The molecular formula is C12H19BrN2O2S2. The van der Waals surface area contributed by atoms with Gasteiger partial charge in [-0.1, -0.05) is 6.92 Å². The summed E-state index contributed by atoms with van der Waals surface area (Å²) >= 11 is 5.05. The third kappa shape index (κ3) is 5.33. The van der Waals surface area contributed by atoms with E-state index in [1.807, 2.05) is 6.92 Å². The first-order valence-corrected chi connectivity index (χ1v) is 9.45. The van der Waals surface area contributed by atoms with E-state index in [9.17, 15) is 8.42 Å². The van der Waals surface area contributed by atoms with Gasteiger partial charge in [-0.05, 0) is 59.0 Å². The standard InChI is InChI=1S/C12H19BrN2O2S2/c1-3-18-7-6-9(2)15-19(16,17)10-4-5-11(13)12(14)8-10/h4-5,8-9,15H,3,6-7,14H2,1-2H3. The zero-order valence-corrected chi connectivity index (χ0v) is 14.2. The molecule has 19 heavy (non-hydrogen) atoms. The Balaban J connectivity index is 2.72. The maximum atomic E-state index is 12.2. The molecule has 1 atom stereocenters. The Morgan fingerprint density at radius 1 is 1.47 bits per heavy atom. The van der Waals surface area contributed by atoms with Crippen molar-refractivity contribution in [2.24, 2.45) is 0 Å². The SMILES string of the molecule is CCSCCC(C)NS(=O)(=O)c1ccc(Br)c(N)c1. The molecule has 0 saturated heterocycles. The lowest BCUT2D eigenvalue weighted by atomic mass is 10.3. The molecule has 0 aromatic heterocycles. The summed E-state index contributed by atoms with van der Waals surface area (Å²) in [6.07, 6.45) is 0.809. The maximum Gasteiger partial charge on any atom is 0.240 e. The average molecular weight is 367 g/mol. The molecule has 0 aliphatic rings. The summed E-state index contributed by atoms with van der Waals surface area (Å²) < 4.78 is 27.7. The van der Waals surface area contributed by atoms with Crippen LogP contribution in [0.15, 0.2) is 27.6 Å². The number of sulfonamides is 1. The second kappa shape index (κ2) is 7.52. The minimum atomic E-state index is -3.50. The van der Waals surface area contributed by atoms with Gasteiger partial charge in [0.05, 0.1) is 4.90 Å². The van der Waals surface area contributed by atoms with E-state index < -0.39 is 10.0 Å². The smallest absolute Gasteiger partial charge is 0.240 e. The quantitative estimate of drug-likeness (QED) is 0.574. The molecule has 0 radical (unpaired) electrons. The number of nitrogen functional groups attached to an aromatic ring is 1. The van der Waals surface area contributed by atoms with E-state index in [0.29, 0.717) is 10.2 Å². The molecule has 4 nitrogen and oxygen atoms in total. The van der Waals surface area contributed by atoms with Crippen molar-refractivity contribution in [1.29, 1.82) is 0 Å². The van der Waals surface area contributed by atoms with Crippen LogP contribution in [0.2, 0.25) is 0 Å². The van der Waals surface area contributed by atoms with Gasteiger partial charge in [0.15, 0.2) is 0 Å². The Labute approximate surface area is 127 Å². The molecule has 0 saturated carbocycles. The van der Waals surface area contributed by atoms with E-state index in [1.54, 1.807) is 17.8 Å². The Bertz CT molecular complexity index is 520. The molecule has 0 aliphatic carbocycles. The summed E-state index contributed by atoms with van der Waals surface area (Å²) in [5.74, 6) is 1.99. The van der Waals surface area contributed by atoms with Gasteiger partial charge in [-0.25, -0.2) is 13.1 Å². The highest BCUT2D eigenvalue weighted by atomic mass is 79.9. The Morgan fingerprint density at radius 2 is 2.16 bits per heavy atom. The van der Waals surface area contributed by atoms with Crippen LogP contribution in [0.3, 0.4) is 0 Å². The highest BCUT2D eigenvalue weighted by Crippen LogP contribution is 2.23. The van der Waals surface area contributed by atoms with Crippen LogP contribution < -0.4 is 10.5 Å². The first-order chi connectivity index (χ1) is 8.86. The van der Waals surface area contributed by atoms with Gasteiger partial charge in [0.25, 0.3) is 0 Å². The Hall–Kier alpha value is -0.240. The molecule has 108 valence electrons. The molecule has 7 heteroatoms. The third-order valence-corrected chi connectivity index (χ3v) is 5.78. The molecule has 0 spiro atoms. The van der Waals surface area contributed by atoms with E-state index in [0.717, 1.165) is 17.9 Å². The highest BCUT2D eigenvalue weighted by molar-refractivity contribution is 9.10. The van der Waals surface area contributed by atoms with Crippen molar-refractivity contribution in [1.82, 2.24) is 4.72 Å². The number of nitrogens with one attached hydrogen (secondary N) is 1. The predicted octanol–water partition coefficient (Wildman–Crippen LogP) is 2.84. The molecule has 0 bridgehead atoms. The number of rotatable bonds is 7. The highest BCUT2D eigenvalue weighted by Gasteiger charge is 2.17. The van der Waals surface area contributed by atoms with Crippen LogP contribution in [0.4, 0.5) is 5.69 Å². The Kier molecular flexibility index (Phi) is 6.65. The maximum absolute atomic E-state index is 12.2.